The Kier molecular flexibility index (Phi) is 7.87. The Morgan fingerprint density at radius 1 is 1.10 bits per heavy atom. The van der Waals surface area contributed by atoms with Crippen LogP contribution in [-0.2, 0) is 4.79 Å². The van der Waals surface area contributed by atoms with Crippen LogP contribution in [0.5, 0.6) is 0 Å². The summed E-state index contributed by atoms with van der Waals surface area (Å²) in [6, 6.07) is 12.9. The summed E-state index contributed by atoms with van der Waals surface area (Å²) in [7, 11) is 0. The van der Waals surface area contributed by atoms with Crippen LogP contribution in [0.1, 0.15) is 33.5 Å². The van der Waals surface area contributed by atoms with Gasteiger partial charge in [-0.2, -0.15) is 11.8 Å². The Labute approximate surface area is 191 Å². The summed E-state index contributed by atoms with van der Waals surface area (Å²) in [6.45, 7) is 6.03. The molecule has 3 rings (SSSR count). The molecule has 0 aliphatic rings. The van der Waals surface area contributed by atoms with E-state index in [9.17, 15) is 9.59 Å². The zero-order valence-electron chi connectivity index (χ0n) is 18.2. The second kappa shape index (κ2) is 10.6. The molecule has 31 heavy (non-hydrogen) atoms. The number of hydrogen-bond acceptors (Lipinski definition) is 5. The van der Waals surface area contributed by atoms with Crippen LogP contribution >= 0.6 is 23.1 Å². The van der Waals surface area contributed by atoms with Gasteiger partial charge in [-0.15, -0.1) is 11.3 Å². The summed E-state index contributed by atoms with van der Waals surface area (Å²) >= 11 is 3.02. The van der Waals surface area contributed by atoms with Gasteiger partial charge in [0.05, 0.1) is 5.69 Å². The average molecular weight is 454 g/mol. The third kappa shape index (κ3) is 6.18. The maximum absolute atomic E-state index is 13.0. The van der Waals surface area contributed by atoms with Gasteiger partial charge in [0, 0.05) is 16.5 Å². The highest BCUT2D eigenvalue weighted by molar-refractivity contribution is 7.98. The molecule has 0 unspecified atom stereocenters. The van der Waals surface area contributed by atoms with Crippen molar-refractivity contribution in [3.8, 4) is 11.3 Å². The van der Waals surface area contributed by atoms with Crippen molar-refractivity contribution >= 4 is 40.0 Å². The second-order valence-corrected chi connectivity index (χ2v) is 9.37. The SMILES string of the molecule is CSCC[C@@H](NC(=O)c1cccc(C)c1)C(=O)Nc1nc(-c2cc(C)ccc2C)cs1. The van der Waals surface area contributed by atoms with Crippen molar-refractivity contribution in [2.75, 3.05) is 17.3 Å². The largest absolute Gasteiger partial charge is 0.340 e. The molecule has 0 radical (unpaired) electrons. The first-order valence-electron chi connectivity index (χ1n) is 10.1. The lowest BCUT2D eigenvalue weighted by Crippen LogP contribution is -2.44. The number of carbonyl (C=O) groups excluding carboxylic acids is 2. The monoisotopic (exact) mass is 453 g/mol. The van der Waals surface area contributed by atoms with Gasteiger partial charge in [-0.25, -0.2) is 4.98 Å². The molecule has 1 atom stereocenters. The number of thiazole rings is 1. The minimum atomic E-state index is -0.631. The van der Waals surface area contributed by atoms with Gasteiger partial charge in [0.2, 0.25) is 5.91 Å². The summed E-state index contributed by atoms with van der Waals surface area (Å²) < 4.78 is 0. The predicted octanol–water partition coefficient (Wildman–Crippen LogP) is 5.23. The predicted molar refractivity (Wildman–Crippen MR) is 131 cm³/mol. The van der Waals surface area contributed by atoms with Gasteiger partial charge in [-0.3, -0.25) is 9.59 Å². The molecule has 7 heteroatoms. The minimum absolute atomic E-state index is 0.250. The number of benzene rings is 2. The minimum Gasteiger partial charge on any atom is -0.340 e. The number of carbonyl (C=O) groups is 2. The van der Waals surface area contributed by atoms with Gasteiger partial charge >= 0.3 is 0 Å². The number of aryl methyl sites for hydroxylation is 3. The van der Waals surface area contributed by atoms with Gasteiger partial charge in [0.15, 0.2) is 5.13 Å². The molecule has 162 valence electrons. The van der Waals surface area contributed by atoms with Crippen LogP contribution in [0.3, 0.4) is 0 Å². The van der Waals surface area contributed by atoms with E-state index in [4.69, 9.17) is 0 Å². The van der Waals surface area contributed by atoms with E-state index >= 15 is 0 Å². The average Bonchev–Trinajstić information content (AvgIpc) is 3.20. The summed E-state index contributed by atoms with van der Waals surface area (Å²) in [5, 5.41) is 8.24. The highest BCUT2D eigenvalue weighted by Gasteiger charge is 2.22. The molecule has 0 saturated heterocycles. The molecular formula is C24H27N3O2S2. The number of nitrogens with one attached hydrogen (secondary N) is 2. The summed E-state index contributed by atoms with van der Waals surface area (Å²) in [5.74, 6) is 0.259. The number of nitrogens with zero attached hydrogens (tertiary/aromatic N) is 1. The molecule has 0 bridgehead atoms. The number of aromatic nitrogens is 1. The normalized spacial score (nSPS) is 11.7. The van der Waals surface area contributed by atoms with Crippen molar-refractivity contribution in [3.05, 3.63) is 70.1 Å². The van der Waals surface area contributed by atoms with E-state index in [2.05, 4.69) is 33.8 Å². The highest BCUT2D eigenvalue weighted by atomic mass is 32.2. The summed E-state index contributed by atoms with van der Waals surface area (Å²) in [4.78, 5) is 30.2. The molecule has 0 fully saturated rings. The van der Waals surface area contributed by atoms with Crippen LogP contribution in [0.4, 0.5) is 5.13 Å². The Morgan fingerprint density at radius 3 is 2.61 bits per heavy atom. The first-order chi connectivity index (χ1) is 14.9. The van der Waals surface area contributed by atoms with Gasteiger partial charge in [0.1, 0.15) is 6.04 Å². The zero-order valence-corrected chi connectivity index (χ0v) is 19.8. The van der Waals surface area contributed by atoms with E-state index in [1.54, 1.807) is 17.8 Å². The standard InChI is InChI=1S/C24H27N3O2S2/c1-15-6-5-7-18(12-15)22(28)25-20(10-11-30-4)23(29)27-24-26-21(14-31-24)19-13-16(2)8-9-17(19)3/h5-9,12-14,20H,10-11H2,1-4H3,(H,25,28)(H,26,27,29)/t20-/m1/s1. The number of amides is 2. The third-order valence-corrected chi connectivity index (χ3v) is 6.32. The molecule has 3 aromatic rings. The van der Waals surface area contributed by atoms with E-state index < -0.39 is 6.04 Å². The van der Waals surface area contributed by atoms with E-state index in [0.717, 1.165) is 33.7 Å². The molecule has 1 heterocycles. The Hall–Kier alpha value is -2.64. The first kappa shape index (κ1) is 23.0. The summed E-state index contributed by atoms with van der Waals surface area (Å²) in [5.41, 5.74) is 5.74. The fraction of sp³-hybridized carbons (Fsp3) is 0.292. The van der Waals surface area contributed by atoms with Crippen LogP contribution in [-0.4, -0.2) is 34.8 Å². The van der Waals surface area contributed by atoms with E-state index in [0.29, 0.717) is 17.1 Å². The van der Waals surface area contributed by atoms with Crippen molar-refractivity contribution in [2.45, 2.75) is 33.2 Å². The Morgan fingerprint density at radius 2 is 1.87 bits per heavy atom. The zero-order chi connectivity index (χ0) is 22.4. The van der Waals surface area contributed by atoms with E-state index in [1.807, 2.05) is 50.6 Å². The van der Waals surface area contributed by atoms with Crippen LogP contribution < -0.4 is 10.6 Å². The topological polar surface area (TPSA) is 71.1 Å². The number of hydrogen-bond donors (Lipinski definition) is 2. The lowest BCUT2D eigenvalue weighted by molar-refractivity contribution is -0.118. The van der Waals surface area contributed by atoms with Crippen molar-refractivity contribution in [1.29, 1.82) is 0 Å². The molecule has 2 aromatic carbocycles. The molecule has 5 nitrogen and oxygen atoms in total. The Bertz CT molecular complexity index is 1080. The van der Waals surface area contributed by atoms with Gasteiger partial charge < -0.3 is 10.6 Å². The molecule has 1 aromatic heterocycles. The van der Waals surface area contributed by atoms with Gasteiger partial charge in [-0.1, -0.05) is 35.4 Å². The molecule has 0 spiro atoms. The van der Waals surface area contributed by atoms with Crippen LogP contribution in [0, 0.1) is 20.8 Å². The molecular weight excluding hydrogens is 426 g/mol. The smallest absolute Gasteiger partial charge is 0.251 e. The second-order valence-electron chi connectivity index (χ2n) is 7.52. The van der Waals surface area contributed by atoms with Crippen LogP contribution in [0.2, 0.25) is 0 Å². The van der Waals surface area contributed by atoms with Gasteiger partial charge in [0.25, 0.3) is 5.91 Å². The fourth-order valence-corrected chi connectivity index (χ4v) is 4.38. The van der Waals surface area contributed by atoms with Crippen LogP contribution in [0.15, 0.2) is 47.8 Å². The molecule has 0 aliphatic heterocycles. The van der Waals surface area contributed by atoms with Crippen molar-refractivity contribution in [3.63, 3.8) is 0 Å². The Balaban J connectivity index is 1.73. The molecule has 0 saturated carbocycles. The van der Waals surface area contributed by atoms with Crippen molar-refractivity contribution in [2.24, 2.45) is 0 Å². The quantitative estimate of drug-likeness (QED) is 0.490. The van der Waals surface area contributed by atoms with Gasteiger partial charge in [-0.05, 0) is 63.0 Å². The lowest BCUT2D eigenvalue weighted by Gasteiger charge is -2.17. The van der Waals surface area contributed by atoms with E-state index in [-0.39, 0.29) is 11.8 Å². The molecule has 2 amide bonds. The number of thioether (sulfide) groups is 1. The maximum Gasteiger partial charge on any atom is 0.251 e. The fourth-order valence-electron chi connectivity index (χ4n) is 3.19. The summed E-state index contributed by atoms with van der Waals surface area (Å²) in [6.07, 6.45) is 2.52. The number of anilines is 1. The first-order valence-corrected chi connectivity index (χ1v) is 12.3. The van der Waals surface area contributed by atoms with Crippen LogP contribution in [0.25, 0.3) is 11.3 Å². The maximum atomic E-state index is 13.0. The lowest BCUT2D eigenvalue weighted by atomic mass is 10.0. The molecule has 2 N–H and O–H groups in total. The third-order valence-electron chi connectivity index (χ3n) is 4.92. The highest BCUT2D eigenvalue weighted by Crippen LogP contribution is 2.28. The molecule has 0 aliphatic carbocycles. The number of rotatable bonds is 8. The van der Waals surface area contributed by atoms with Crippen molar-refractivity contribution < 1.29 is 9.59 Å². The van der Waals surface area contributed by atoms with E-state index in [1.165, 1.54) is 11.3 Å². The van der Waals surface area contributed by atoms with Crippen molar-refractivity contribution in [1.82, 2.24) is 10.3 Å².